The van der Waals surface area contributed by atoms with Crippen molar-refractivity contribution in [3.05, 3.63) is 18.2 Å². The first kappa shape index (κ1) is 16.1. The summed E-state index contributed by atoms with van der Waals surface area (Å²) in [6.07, 6.45) is 4.26. The molecule has 4 N–H and O–H groups in total. The molecule has 0 saturated heterocycles. The van der Waals surface area contributed by atoms with Gasteiger partial charge in [0.15, 0.2) is 0 Å². The molecular weight excluding hydrogens is 282 g/mol. The number of hydrogen-bond donors (Lipinski definition) is 3. The van der Waals surface area contributed by atoms with Crippen LogP contribution < -0.4 is 21.1 Å². The maximum Gasteiger partial charge on any atom is 0.250 e. The number of nitrogens with two attached hydrogens (primary N) is 1. The summed E-state index contributed by atoms with van der Waals surface area (Å²) in [5.74, 6) is 0.186. The van der Waals surface area contributed by atoms with Crippen molar-refractivity contribution in [1.29, 1.82) is 0 Å². The fourth-order valence-electron chi connectivity index (χ4n) is 2.96. The van der Waals surface area contributed by atoms with E-state index in [9.17, 15) is 9.59 Å². The van der Waals surface area contributed by atoms with Gasteiger partial charge in [-0.2, -0.15) is 0 Å². The van der Waals surface area contributed by atoms with E-state index in [0.717, 1.165) is 19.3 Å². The van der Waals surface area contributed by atoms with Crippen molar-refractivity contribution in [3.63, 3.8) is 0 Å². The minimum absolute atomic E-state index is 0.188. The predicted molar refractivity (Wildman–Crippen MR) is 85.7 cm³/mol. The van der Waals surface area contributed by atoms with Gasteiger partial charge in [0.25, 0.3) is 0 Å². The van der Waals surface area contributed by atoms with Crippen molar-refractivity contribution < 1.29 is 14.3 Å². The summed E-state index contributed by atoms with van der Waals surface area (Å²) in [5.41, 5.74) is 6.09. The van der Waals surface area contributed by atoms with E-state index in [4.69, 9.17) is 10.5 Å². The summed E-state index contributed by atoms with van der Waals surface area (Å²) in [6, 6.07) is 5.09. The van der Waals surface area contributed by atoms with Crippen LogP contribution in [0.4, 0.5) is 11.4 Å². The number of nitrogen functional groups attached to an aromatic ring is 1. The average Bonchev–Trinajstić information content (AvgIpc) is 2.47. The highest BCUT2D eigenvalue weighted by Gasteiger charge is 2.40. The van der Waals surface area contributed by atoms with Gasteiger partial charge in [0, 0.05) is 12.6 Å². The molecule has 6 nitrogen and oxygen atoms in total. The number of carbonyl (C=O) groups is 2. The lowest BCUT2D eigenvalue weighted by Gasteiger charge is -2.36. The highest BCUT2D eigenvalue weighted by molar-refractivity contribution is 6.00. The van der Waals surface area contributed by atoms with Crippen LogP contribution in [0.15, 0.2) is 18.2 Å². The van der Waals surface area contributed by atoms with Gasteiger partial charge in [0.05, 0.1) is 12.8 Å². The third-order valence-corrected chi connectivity index (χ3v) is 4.04. The van der Waals surface area contributed by atoms with E-state index in [-0.39, 0.29) is 11.8 Å². The van der Waals surface area contributed by atoms with E-state index in [1.54, 1.807) is 18.2 Å². The molecule has 0 aliphatic heterocycles. The maximum absolute atomic E-state index is 12.7. The minimum Gasteiger partial charge on any atom is -0.495 e. The first-order chi connectivity index (χ1) is 10.5. The van der Waals surface area contributed by atoms with Gasteiger partial charge < -0.3 is 21.1 Å². The molecule has 0 aromatic heterocycles. The van der Waals surface area contributed by atoms with Crippen LogP contribution in [0.1, 0.15) is 39.0 Å². The Kier molecular flexibility index (Phi) is 4.90. The topological polar surface area (TPSA) is 93.5 Å². The number of carbonyl (C=O) groups excluding carboxylic acids is 2. The minimum atomic E-state index is -0.821. The smallest absolute Gasteiger partial charge is 0.250 e. The Morgan fingerprint density at radius 1 is 1.23 bits per heavy atom. The average molecular weight is 305 g/mol. The first-order valence-corrected chi connectivity index (χ1v) is 7.50. The molecule has 0 spiro atoms. The van der Waals surface area contributed by atoms with E-state index in [1.807, 2.05) is 0 Å². The zero-order valence-electron chi connectivity index (χ0n) is 13.1. The SMILES string of the molecule is COc1ccc(NC(=O)C2(NC(C)=O)CCCCC2)cc1N. The molecule has 1 aliphatic rings. The lowest BCUT2D eigenvalue weighted by molar-refractivity contribution is -0.130. The molecule has 1 fully saturated rings. The third kappa shape index (κ3) is 3.50. The molecule has 6 heteroatoms. The summed E-state index contributed by atoms with van der Waals surface area (Å²) >= 11 is 0. The van der Waals surface area contributed by atoms with Gasteiger partial charge in [-0.25, -0.2) is 0 Å². The molecule has 1 aromatic carbocycles. The van der Waals surface area contributed by atoms with Gasteiger partial charge in [-0.05, 0) is 31.0 Å². The van der Waals surface area contributed by atoms with Crippen molar-refractivity contribution >= 4 is 23.2 Å². The number of hydrogen-bond acceptors (Lipinski definition) is 4. The number of amides is 2. The Hall–Kier alpha value is -2.24. The van der Waals surface area contributed by atoms with E-state index in [1.165, 1.54) is 14.0 Å². The number of rotatable bonds is 4. The molecule has 2 rings (SSSR count). The van der Waals surface area contributed by atoms with Crippen LogP contribution in [-0.4, -0.2) is 24.5 Å². The Labute approximate surface area is 130 Å². The van der Waals surface area contributed by atoms with Gasteiger partial charge in [-0.3, -0.25) is 9.59 Å². The van der Waals surface area contributed by atoms with Crippen LogP contribution in [0.5, 0.6) is 5.75 Å². The van der Waals surface area contributed by atoms with E-state index < -0.39 is 5.54 Å². The van der Waals surface area contributed by atoms with Gasteiger partial charge in [-0.15, -0.1) is 0 Å². The first-order valence-electron chi connectivity index (χ1n) is 7.50. The van der Waals surface area contributed by atoms with Gasteiger partial charge >= 0.3 is 0 Å². The van der Waals surface area contributed by atoms with Crippen molar-refractivity contribution in [2.45, 2.75) is 44.6 Å². The standard InChI is InChI=1S/C16H23N3O3/c1-11(20)19-16(8-4-3-5-9-16)15(21)18-12-6-7-14(22-2)13(17)10-12/h6-7,10H,3-5,8-9,17H2,1-2H3,(H,18,21)(H,19,20). The second-order valence-corrected chi connectivity index (χ2v) is 5.73. The molecule has 0 unspecified atom stereocenters. The largest absolute Gasteiger partial charge is 0.495 e. The molecule has 2 amide bonds. The molecule has 0 heterocycles. The van der Waals surface area contributed by atoms with Crippen LogP contribution in [0.2, 0.25) is 0 Å². The lowest BCUT2D eigenvalue weighted by atomic mass is 9.80. The van der Waals surface area contributed by atoms with Gasteiger partial charge in [0.2, 0.25) is 11.8 Å². The summed E-state index contributed by atoms with van der Waals surface area (Å²) in [7, 11) is 1.54. The van der Waals surface area contributed by atoms with E-state index in [0.29, 0.717) is 30.0 Å². The normalized spacial score (nSPS) is 16.6. The highest BCUT2D eigenvalue weighted by Crippen LogP contribution is 2.31. The molecule has 0 radical (unpaired) electrons. The number of ether oxygens (including phenoxy) is 1. The fraction of sp³-hybridized carbons (Fsp3) is 0.500. The van der Waals surface area contributed by atoms with Gasteiger partial charge in [0.1, 0.15) is 11.3 Å². The monoisotopic (exact) mass is 305 g/mol. The van der Waals surface area contributed by atoms with E-state index in [2.05, 4.69) is 10.6 Å². The van der Waals surface area contributed by atoms with Crippen molar-refractivity contribution in [3.8, 4) is 5.75 Å². The van der Waals surface area contributed by atoms with Crippen LogP contribution >= 0.6 is 0 Å². The second kappa shape index (κ2) is 6.68. The molecule has 22 heavy (non-hydrogen) atoms. The Morgan fingerprint density at radius 2 is 1.91 bits per heavy atom. The third-order valence-electron chi connectivity index (χ3n) is 4.04. The van der Waals surface area contributed by atoms with E-state index >= 15 is 0 Å². The van der Waals surface area contributed by atoms with Crippen LogP contribution in [0.25, 0.3) is 0 Å². The van der Waals surface area contributed by atoms with Crippen LogP contribution in [0.3, 0.4) is 0 Å². The van der Waals surface area contributed by atoms with Crippen molar-refractivity contribution in [2.24, 2.45) is 0 Å². The molecular formula is C16H23N3O3. The molecule has 0 bridgehead atoms. The summed E-state index contributed by atoms with van der Waals surface area (Å²) in [5, 5.41) is 5.71. The fourth-order valence-corrected chi connectivity index (χ4v) is 2.96. The molecule has 1 saturated carbocycles. The summed E-state index contributed by atoms with van der Waals surface area (Å²) < 4.78 is 5.10. The van der Waals surface area contributed by atoms with Crippen molar-refractivity contribution in [1.82, 2.24) is 5.32 Å². The Bertz CT molecular complexity index is 566. The van der Waals surface area contributed by atoms with Gasteiger partial charge in [-0.1, -0.05) is 19.3 Å². The number of anilines is 2. The zero-order valence-corrected chi connectivity index (χ0v) is 13.1. The van der Waals surface area contributed by atoms with Crippen LogP contribution in [-0.2, 0) is 9.59 Å². The van der Waals surface area contributed by atoms with Crippen molar-refractivity contribution in [2.75, 3.05) is 18.2 Å². The zero-order chi connectivity index (χ0) is 16.2. The number of nitrogens with one attached hydrogen (secondary N) is 2. The Morgan fingerprint density at radius 3 is 2.45 bits per heavy atom. The quantitative estimate of drug-likeness (QED) is 0.742. The maximum atomic E-state index is 12.7. The molecule has 1 aliphatic carbocycles. The molecule has 120 valence electrons. The lowest BCUT2D eigenvalue weighted by Crippen LogP contribution is -2.57. The number of benzene rings is 1. The second-order valence-electron chi connectivity index (χ2n) is 5.73. The predicted octanol–water partition coefficient (Wildman–Crippen LogP) is 2.05. The van der Waals surface area contributed by atoms with Crippen LogP contribution in [0, 0.1) is 0 Å². The summed E-state index contributed by atoms with van der Waals surface area (Å²) in [6.45, 7) is 1.44. The highest BCUT2D eigenvalue weighted by atomic mass is 16.5. The molecule has 0 atom stereocenters. The number of methoxy groups -OCH3 is 1. The summed E-state index contributed by atoms with van der Waals surface area (Å²) in [4.78, 5) is 24.2. The molecule has 1 aromatic rings. The Balaban J connectivity index is 2.17.